The predicted molar refractivity (Wildman–Crippen MR) is 81.0 cm³/mol. The number of aldehydes is 1. The number of unbranched alkanes of at least 4 members (excludes halogenated alkanes) is 1. The second kappa shape index (κ2) is 11.0. The molecule has 0 saturated carbocycles. The number of aliphatic carboxylic acids is 1. The van der Waals surface area contributed by atoms with E-state index in [1.54, 1.807) is 0 Å². The minimum Gasteiger partial charge on any atom is -0.481 e. The molecular formula is C17H24O4. The van der Waals surface area contributed by atoms with E-state index in [1.807, 2.05) is 30.3 Å². The Balaban J connectivity index is 2.07. The van der Waals surface area contributed by atoms with E-state index in [4.69, 9.17) is 9.84 Å². The van der Waals surface area contributed by atoms with Gasteiger partial charge in [-0.3, -0.25) is 4.79 Å². The van der Waals surface area contributed by atoms with Crippen LogP contribution < -0.4 is 0 Å². The van der Waals surface area contributed by atoms with E-state index in [0.29, 0.717) is 26.1 Å². The van der Waals surface area contributed by atoms with Crippen molar-refractivity contribution in [1.29, 1.82) is 0 Å². The lowest BCUT2D eigenvalue weighted by atomic mass is 9.94. The number of benzene rings is 1. The number of carboxylic acid groups (broad SMARTS) is 1. The van der Waals surface area contributed by atoms with Gasteiger partial charge in [0.05, 0.1) is 6.61 Å². The lowest BCUT2D eigenvalue weighted by Gasteiger charge is -2.12. The average Bonchev–Trinajstić information content (AvgIpc) is 2.49. The Morgan fingerprint density at radius 1 is 1.19 bits per heavy atom. The maximum atomic E-state index is 10.6. The van der Waals surface area contributed by atoms with Crippen molar-refractivity contribution in [1.82, 2.24) is 0 Å². The summed E-state index contributed by atoms with van der Waals surface area (Å²) < 4.78 is 5.60. The molecule has 21 heavy (non-hydrogen) atoms. The van der Waals surface area contributed by atoms with E-state index in [2.05, 4.69) is 0 Å². The molecular weight excluding hydrogens is 268 g/mol. The van der Waals surface area contributed by atoms with Crippen molar-refractivity contribution >= 4 is 12.3 Å². The van der Waals surface area contributed by atoms with Crippen LogP contribution in [0.3, 0.4) is 0 Å². The summed E-state index contributed by atoms with van der Waals surface area (Å²) in [6.45, 7) is 1.32. The second-order valence-electron chi connectivity index (χ2n) is 5.23. The normalized spacial score (nSPS) is 12.0. The molecule has 1 N–H and O–H groups in total. The van der Waals surface area contributed by atoms with Gasteiger partial charge in [0, 0.05) is 19.4 Å². The van der Waals surface area contributed by atoms with Crippen molar-refractivity contribution in [2.75, 3.05) is 6.61 Å². The van der Waals surface area contributed by atoms with Crippen LogP contribution in [0.5, 0.6) is 0 Å². The van der Waals surface area contributed by atoms with E-state index in [9.17, 15) is 9.59 Å². The molecule has 4 heteroatoms. The quantitative estimate of drug-likeness (QED) is 0.473. The third-order valence-electron chi connectivity index (χ3n) is 3.46. The zero-order valence-electron chi connectivity index (χ0n) is 12.4. The Bertz CT molecular complexity index is 403. The van der Waals surface area contributed by atoms with Crippen molar-refractivity contribution in [2.24, 2.45) is 5.92 Å². The van der Waals surface area contributed by atoms with Crippen LogP contribution in [0.4, 0.5) is 0 Å². The first-order chi connectivity index (χ1) is 10.2. The number of carbonyl (C=O) groups excluding carboxylic acids is 1. The molecule has 0 aromatic heterocycles. The topological polar surface area (TPSA) is 63.6 Å². The molecule has 0 amide bonds. The van der Waals surface area contributed by atoms with Crippen molar-refractivity contribution in [3.63, 3.8) is 0 Å². The monoisotopic (exact) mass is 292 g/mol. The molecule has 0 heterocycles. The molecule has 1 atom stereocenters. The van der Waals surface area contributed by atoms with E-state index in [-0.39, 0.29) is 12.3 Å². The van der Waals surface area contributed by atoms with E-state index in [1.165, 1.54) is 0 Å². The summed E-state index contributed by atoms with van der Waals surface area (Å²) in [5, 5.41) is 8.67. The molecule has 116 valence electrons. The minimum absolute atomic E-state index is 0.142. The van der Waals surface area contributed by atoms with Gasteiger partial charge in [0.15, 0.2) is 0 Å². The lowest BCUT2D eigenvalue weighted by Crippen LogP contribution is -2.06. The summed E-state index contributed by atoms with van der Waals surface area (Å²) in [4.78, 5) is 21.1. The van der Waals surface area contributed by atoms with Crippen LogP contribution in [0.25, 0.3) is 0 Å². The molecule has 0 radical (unpaired) electrons. The minimum atomic E-state index is -0.794. The van der Waals surface area contributed by atoms with Crippen LogP contribution >= 0.6 is 0 Å². The Labute approximate surface area is 126 Å². The molecule has 0 spiro atoms. The molecule has 0 aliphatic heterocycles. The molecule has 1 rings (SSSR count). The van der Waals surface area contributed by atoms with Gasteiger partial charge in [0.1, 0.15) is 6.29 Å². The Morgan fingerprint density at radius 2 is 1.95 bits per heavy atom. The van der Waals surface area contributed by atoms with Crippen LogP contribution in [0.1, 0.15) is 44.1 Å². The van der Waals surface area contributed by atoms with Gasteiger partial charge in [0.25, 0.3) is 0 Å². The lowest BCUT2D eigenvalue weighted by molar-refractivity contribution is -0.137. The molecule has 0 bridgehead atoms. The maximum Gasteiger partial charge on any atom is 0.303 e. The van der Waals surface area contributed by atoms with Crippen LogP contribution in [0, 0.1) is 5.92 Å². The number of carboxylic acids is 1. The van der Waals surface area contributed by atoms with E-state index >= 15 is 0 Å². The molecule has 0 fully saturated rings. The molecule has 1 aromatic rings. The predicted octanol–water partition coefficient (Wildman–Crippen LogP) is 3.44. The van der Waals surface area contributed by atoms with Gasteiger partial charge >= 0.3 is 5.97 Å². The number of hydrogen-bond donors (Lipinski definition) is 1. The fraction of sp³-hybridized carbons (Fsp3) is 0.529. The van der Waals surface area contributed by atoms with Crippen LogP contribution in [-0.4, -0.2) is 24.0 Å². The summed E-state index contributed by atoms with van der Waals surface area (Å²) in [5.41, 5.74) is 1.16. The van der Waals surface area contributed by atoms with Gasteiger partial charge in [-0.2, -0.15) is 0 Å². The maximum absolute atomic E-state index is 10.6. The summed E-state index contributed by atoms with van der Waals surface area (Å²) in [5.74, 6) is -0.607. The van der Waals surface area contributed by atoms with Crippen molar-refractivity contribution in [3.8, 4) is 0 Å². The highest BCUT2D eigenvalue weighted by molar-refractivity contribution is 5.66. The van der Waals surface area contributed by atoms with Gasteiger partial charge in [-0.25, -0.2) is 0 Å². The first-order valence-electron chi connectivity index (χ1n) is 7.49. The first-order valence-corrected chi connectivity index (χ1v) is 7.49. The molecule has 0 aliphatic carbocycles. The Kier molecular flexibility index (Phi) is 9.13. The van der Waals surface area contributed by atoms with E-state index in [0.717, 1.165) is 31.1 Å². The van der Waals surface area contributed by atoms with Gasteiger partial charge < -0.3 is 14.6 Å². The van der Waals surface area contributed by atoms with Crippen molar-refractivity contribution in [3.05, 3.63) is 35.9 Å². The summed E-state index contributed by atoms with van der Waals surface area (Å²) in [7, 11) is 0. The molecule has 4 nitrogen and oxygen atoms in total. The van der Waals surface area contributed by atoms with Crippen LogP contribution in [0.2, 0.25) is 0 Å². The molecule has 0 aliphatic rings. The van der Waals surface area contributed by atoms with Crippen LogP contribution in [0.15, 0.2) is 30.3 Å². The number of hydrogen-bond acceptors (Lipinski definition) is 3. The van der Waals surface area contributed by atoms with Gasteiger partial charge in [-0.15, -0.1) is 0 Å². The third-order valence-corrected chi connectivity index (χ3v) is 3.46. The van der Waals surface area contributed by atoms with Crippen molar-refractivity contribution in [2.45, 2.75) is 45.1 Å². The third kappa shape index (κ3) is 8.97. The highest BCUT2D eigenvalue weighted by Crippen LogP contribution is 2.18. The number of carbonyl (C=O) groups is 2. The number of ether oxygens (including phenoxy) is 1. The van der Waals surface area contributed by atoms with Gasteiger partial charge in [-0.1, -0.05) is 36.8 Å². The van der Waals surface area contributed by atoms with Crippen LogP contribution in [-0.2, 0) is 20.9 Å². The van der Waals surface area contributed by atoms with Crippen molar-refractivity contribution < 1.29 is 19.4 Å². The zero-order chi connectivity index (χ0) is 15.3. The SMILES string of the molecule is O=CC[C@@H](CCCCOCc1ccccc1)CCC(=O)O. The van der Waals surface area contributed by atoms with Gasteiger partial charge in [0.2, 0.25) is 0 Å². The highest BCUT2D eigenvalue weighted by Gasteiger charge is 2.10. The summed E-state index contributed by atoms with van der Waals surface area (Å²) in [6, 6.07) is 10.0. The standard InChI is InChI=1S/C17H24O4/c18-12-11-15(9-10-17(19)20)6-4-5-13-21-14-16-7-2-1-3-8-16/h1-3,7-8,12,15H,4-6,9-11,13-14H2,(H,19,20)/t15-/m0/s1. The van der Waals surface area contributed by atoms with E-state index < -0.39 is 5.97 Å². The van der Waals surface area contributed by atoms with Gasteiger partial charge in [-0.05, 0) is 30.7 Å². The number of rotatable bonds is 12. The molecule has 0 unspecified atom stereocenters. The second-order valence-corrected chi connectivity index (χ2v) is 5.23. The summed E-state index contributed by atoms with van der Waals surface area (Å²) in [6.07, 6.45) is 4.86. The summed E-state index contributed by atoms with van der Waals surface area (Å²) >= 11 is 0. The largest absolute Gasteiger partial charge is 0.481 e. The first kappa shape index (κ1) is 17.4. The Hall–Kier alpha value is -1.68. The zero-order valence-corrected chi connectivity index (χ0v) is 12.4. The fourth-order valence-electron chi connectivity index (χ4n) is 2.25. The molecule has 0 saturated heterocycles. The highest BCUT2D eigenvalue weighted by atomic mass is 16.5. The average molecular weight is 292 g/mol. The fourth-order valence-corrected chi connectivity index (χ4v) is 2.25. The Morgan fingerprint density at radius 3 is 2.62 bits per heavy atom. The molecule has 1 aromatic carbocycles. The smallest absolute Gasteiger partial charge is 0.303 e.